The summed E-state index contributed by atoms with van der Waals surface area (Å²) in [6, 6.07) is -0.416. The van der Waals surface area contributed by atoms with Crippen LogP contribution in [-0.2, 0) is 14.8 Å². The Bertz CT molecular complexity index is 961. The fourth-order valence-corrected chi connectivity index (χ4v) is 4.26. The van der Waals surface area contributed by atoms with Gasteiger partial charge in [0.25, 0.3) is 11.4 Å². The largest absolute Gasteiger partial charge is 0.481 e. The highest BCUT2D eigenvalue weighted by molar-refractivity contribution is 5.86. The van der Waals surface area contributed by atoms with E-state index in [1.165, 1.54) is 0 Å². The number of piperidine rings is 1. The van der Waals surface area contributed by atoms with E-state index < -0.39 is 62.7 Å². The van der Waals surface area contributed by atoms with Crippen molar-refractivity contribution in [2.75, 3.05) is 10.6 Å². The van der Waals surface area contributed by atoms with Gasteiger partial charge in [-0.2, -0.15) is 0 Å². The first kappa shape index (κ1) is 25.7. The number of nitro groups is 2. The Kier molecular flexibility index (Phi) is 7.14. The van der Waals surface area contributed by atoms with Crippen molar-refractivity contribution < 1.29 is 34.9 Å². The molecular formula is C19H26N5O9. The van der Waals surface area contributed by atoms with Crippen LogP contribution in [0.15, 0.2) is 12.1 Å². The lowest BCUT2D eigenvalue weighted by Gasteiger charge is -2.50. The zero-order valence-electron chi connectivity index (χ0n) is 18.5. The van der Waals surface area contributed by atoms with Crippen LogP contribution in [0, 0.1) is 20.2 Å². The molecule has 1 atom stereocenters. The molecule has 0 aliphatic carbocycles. The van der Waals surface area contributed by atoms with Gasteiger partial charge in [-0.1, -0.05) is 0 Å². The van der Waals surface area contributed by atoms with Crippen molar-refractivity contribution in [3.05, 3.63) is 32.4 Å². The van der Waals surface area contributed by atoms with Crippen molar-refractivity contribution in [3.8, 4) is 0 Å². The van der Waals surface area contributed by atoms with E-state index >= 15 is 0 Å². The molecule has 0 spiro atoms. The van der Waals surface area contributed by atoms with Crippen LogP contribution in [-0.4, -0.2) is 60.2 Å². The SMILES string of the molecule is CC1(C)CC(Nc2cc(NC(CC(=O)O)C(=O)O)c([N+](=O)[O-])cc2[N+](=O)[O-])CC(C)(C)N1[O]. The van der Waals surface area contributed by atoms with E-state index in [1.54, 1.807) is 27.7 Å². The lowest BCUT2D eigenvalue weighted by atomic mass is 9.79. The molecular weight excluding hydrogens is 442 g/mol. The molecule has 1 aliphatic heterocycles. The number of carbonyl (C=O) groups is 2. The molecule has 1 unspecified atom stereocenters. The van der Waals surface area contributed by atoms with Gasteiger partial charge in [0.2, 0.25) is 0 Å². The fraction of sp³-hybridized carbons (Fsp3) is 0.579. The van der Waals surface area contributed by atoms with Crippen molar-refractivity contribution in [1.29, 1.82) is 0 Å². The molecule has 0 amide bonds. The number of nitrogens with zero attached hydrogens (tertiary/aromatic N) is 3. The molecule has 1 saturated heterocycles. The van der Waals surface area contributed by atoms with Crippen LogP contribution in [0.2, 0.25) is 0 Å². The molecule has 181 valence electrons. The minimum atomic E-state index is -1.71. The molecule has 1 aromatic carbocycles. The first-order valence-electron chi connectivity index (χ1n) is 9.97. The average Bonchev–Trinajstić information content (AvgIpc) is 2.64. The minimum absolute atomic E-state index is 0.122. The number of benzene rings is 1. The molecule has 0 aromatic heterocycles. The maximum atomic E-state index is 12.6. The van der Waals surface area contributed by atoms with Crippen LogP contribution in [0.3, 0.4) is 0 Å². The van der Waals surface area contributed by atoms with E-state index in [-0.39, 0.29) is 11.4 Å². The van der Waals surface area contributed by atoms with Crippen LogP contribution in [0.25, 0.3) is 0 Å². The molecule has 14 nitrogen and oxygen atoms in total. The lowest BCUT2D eigenvalue weighted by Crippen LogP contribution is -2.60. The molecule has 2 rings (SSSR count). The second kappa shape index (κ2) is 9.15. The van der Waals surface area contributed by atoms with Crippen LogP contribution >= 0.6 is 0 Å². The van der Waals surface area contributed by atoms with Gasteiger partial charge in [0.1, 0.15) is 17.4 Å². The molecule has 1 fully saturated rings. The Hall–Kier alpha value is -3.52. The summed E-state index contributed by atoms with van der Waals surface area (Å²) in [7, 11) is 0. The Morgan fingerprint density at radius 1 is 1.06 bits per heavy atom. The zero-order chi connectivity index (χ0) is 25.3. The van der Waals surface area contributed by atoms with Gasteiger partial charge in [-0.15, -0.1) is 10.3 Å². The molecule has 1 radical (unpaired) electrons. The van der Waals surface area contributed by atoms with Gasteiger partial charge in [0.05, 0.1) is 22.3 Å². The van der Waals surface area contributed by atoms with E-state index in [0.29, 0.717) is 18.9 Å². The van der Waals surface area contributed by atoms with Gasteiger partial charge < -0.3 is 20.8 Å². The second-order valence-electron chi connectivity index (χ2n) is 9.20. The summed E-state index contributed by atoms with van der Waals surface area (Å²) >= 11 is 0. The summed E-state index contributed by atoms with van der Waals surface area (Å²) in [5.74, 6) is -3.02. The van der Waals surface area contributed by atoms with Gasteiger partial charge in [-0.05, 0) is 46.6 Å². The van der Waals surface area contributed by atoms with E-state index in [4.69, 9.17) is 5.11 Å². The van der Waals surface area contributed by atoms with E-state index in [2.05, 4.69) is 10.6 Å². The number of aliphatic carboxylic acids is 2. The highest BCUT2D eigenvalue weighted by Crippen LogP contribution is 2.41. The standard InChI is InChI=1S/C19H26N5O9/c1-18(2)8-10(9-19(3,4)24(18)33)20-11-5-12(21-13(17(27)28)6-16(25)26)15(23(31)32)7-14(11)22(29)30/h5,7,10,13,20-21H,6,8-9H2,1-4H3,(H,25,26)(H,27,28). The van der Waals surface area contributed by atoms with Gasteiger partial charge in [-0.25, -0.2) is 4.79 Å². The first-order chi connectivity index (χ1) is 15.0. The third-order valence-corrected chi connectivity index (χ3v) is 5.47. The van der Waals surface area contributed by atoms with Crippen molar-refractivity contribution in [3.63, 3.8) is 0 Å². The highest BCUT2D eigenvalue weighted by Gasteiger charge is 2.46. The molecule has 33 heavy (non-hydrogen) atoms. The van der Waals surface area contributed by atoms with Gasteiger partial charge in [0.15, 0.2) is 0 Å². The maximum Gasteiger partial charge on any atom is 0.326 e. The summed E-state index contributed by atoms with van der Waals surface area (Å²) in [5.41, 5.74) is -3.50. The van der Waals surface area contributed by atoms with Crippen molar-refractivity contribution in [2.45, 2.75) is 70.1 Å². The summed E-state index contributed by atoms with van der Waals surface area (Å²) in [4.78, 5) is 43.8. The van der Waals surface area contributed by atoms with Gasteiger partial charge >= 0.3 is 11.9 Å². The van der Waals surface area contributed by atoms with E-state index in [9.17, 15) is 40.1 Å². The topological polar surface area (TPSA) is 208 Å². The first-order valence-corrected chi connectivity index (χ1v) is 9.97. The van der Waals surface area contributed by atoms with Crippen LogP contribution in [0.5, 0.6) is 0 Å². The average molecular weight is 468 g/mol. The zero-order valence-corrected chi connectivity index (χ0v) is 18.5. The summed E-state index contributed by atoms with van der Waals surface area (Å²) in [6.45, 7) is 6.93. The maximum absolute atomic E-state index is 12.6. The minimum Gasteiger partial charge on any atom is -0.481 e. The predicted molar refractivity (Wildman–Crippen MR) is 114 cm³/mol. The lowest BCUT2D eigenvalue weighted by molar-refractivity contribution is -0.393. The Morgan fingerprint density at radius 3 is 1.97 bits per heavy atom. The third kappa shape index (κ3) is 5.84. The highest BCUT2D eigenvalue weighted by atomic mass is 16.6. The van der Waals surface area contributed by atoms with Crippen molar-refractivity contribution >= 4 is 34.7 Å². The summed E-state index contributed by atoms with van der Waals surface area (Å²) in [6.07, 6.45) is -0.252. The van der Waals surface area contributed by atoms with Crippen LogP contribution < -0.4 is 10.6 Å². The number of rotatable bonds is 9. The molecule has 4 N–H and O–H groups in total. The second-order valence-corrected chi connectivity index (χ2v) is 9.20. The number of carboxylic acids is 2. The van der Waals surface area contributed by atoms with Crippen molar-refractivity contribution in [1.82, 2.24) is 5.06 Å². The van der Waals surface area contributed by atoms with Crippen molar-refractivity contribution in [2.24, 2.45) is 0 Å². The molecule has 1 aromatic rings. The summed E-state index contributed by atoms with van der Waals surface area (Å²) in [5, 5.41) is 60.2. The number of anilines is 2. The quantitative estimate of drug-likeness (QED) is 0.306. The number of hydrogen-bond acceptors (Lipinski definition) is 9. The Balaban J connectivity index is 2.52. The molecule has 0 bridgehead atoms. The molecule has 1 aliphatic rings. The number of hydrogen-bond donors (Lipinski definition) is 4. The molecule has 0 saturated carbocycles. The number of nitrogens with one attached hydrogen (secondary N) is 2. The smallest absolute Gasteiger partial charge is 0.326 e. The number of carboxylic acid groups (broad SMARTS) is 2. The third-order valence-electron chi connectivity index (χ3n) is 5.47. The monoisotopic (exact) mass is 468 g/mol. The number of hydroxylamine groups is 2. The van der Waals surface area contributed by atoms with E-state index in [0.717, 1.165) is 11.1 Å². The Morgan fingerprint density at radius 2 is 1.55 bits per heavy atom. The van der Waals surface area contributed by atoms with Gasteiger partial charge in [0, 0.05) is 17.1 Å². The molecule has 1 heterocycles. The molecule has 14 heteroatoms. The van der Waals surface area contributed by atoms with E-state index in [1.807, 2.05) is 0 Å². The Labute approximate surface area is 188 Å². The predicted octanol–water partition coefficient (Wildman–Crippen LogP) is 2.62. The van der Waals surface area contributed by atoms with Crippen LogP contribution in [0.4, 0.5) is 22.7 Å². The van der Waals surface area contributed by atoms with Gasteiger partial charge in [-0.3, -0.25) is 25.0 Å². The fourth-order valence-electron chi connectivity index (χ4n) is 4.26. The summed E-state index contributed by atoms with van der Waals surface area (Å²) < 4.78 is 0. The normalized spacial score (nSPS) is 18.8. The number of nitro benzene ring substituents is 2. The van der Waals surface area contributed by atoms with Crippen LogP contribution in [0.1, 0.15) is 47.0 Å².